The molecule has 2 aromatic carbocycles. The SMILES string of the molecule is O=C(c1ccccc1)N1CC[C@@H](OCC2CC2)[C@@H]1Cc1ccccc1. The number of carbonyl (C=O) groups excluding carboxylic acids is 1. The zero-order valence-corrected chi connectivity index (χ0v) is 14.5. The van der Waals surface area contributed by atoms with E-state index in [2.05, 4.69) is 24.3 Å². The number of rotatable bonds is 6. The lowest BCUT2D eigenvalue weighted by Gasteiger charge is -2.28. The summed E-state index contributed by atoms with van der Waals surface area (Å²) in [7, 11) is 0. The van der Waals surface area contributed by atoms with Crippen LogP contribution in [0.3, 0.4) is 0 Å². The molecule has 2 aromatic rings. The summed E-state index contributed by atoms with van der Waals surface area (Å²) in [6.07, 6.45) is 4.52. The molecule has 25 heavy (non-hydrogen) atoms. The van der Waals surface area contributed by atoms with Gasteiger partial charge in [-0.15, -0.1) is 0 Å². The number of hydrogen-bond acceptors (Lipinski definition) is 2. The van der Waals surface area contributed by atoms with Crippen molar-refractivity contribution in [3.8, 4) is 0 Å². The molecule has 3 nitrogen and oxygen atoms in total. The van der Waals surface area contributed by atoms with Crippen LogP contribution in [0.1, 0.15) is 35.2 Å². The van der Waals surface area contributed by atoms with Crippen LogP contribution in [-0.4, -0.2) is 36.1 Å². The summed E-state index contributed by atoms with van der Waals surface area (Å²) in [5, 5.41) is 0. The smallest absolute Gasteiger partial charge is 0.254 e. The first kappa shape index (κ1) is 16.3. The Labute approximate surface area is 149 Å². The number of benzene rings is 2. The summed E-state index contributed by atoms with van der Waals surface area (Å²) in [5.74, 6) is 0.871. The van der Waals surface area contributed by atoms with Crippen molar-refractivity contribution in [2.75, 3.05) is 13.2 Å². The van der Waals surface area contributed by atoms with Gasteiger partial charge in [-0.25, -0.2) is 0 Å². The highest BCUT2D eigenvalue weighted by molar-refractivity contribution is 5.94. The van der Waals surface area contributed by atoms with E-state index in [1.165, 1.54) is 18.4 Å². The van der Waals surface area contributed by atoms with Gasteiger partial charge in [0.2, 0.25) is 0 Å². The highest BCUT2D eigenvalue weighted by Crippen LogP contribution is 2.32. The van der Waals surface area contributed by atoms with E-state index in [1.54, 1.807) is 0 Å². The Kier molecular flexibility index (Phi) is 4.84. The van der Waals surface area contributed by atoms with Gasteiger partial charge >= 0.3 is 0 Å². The van der Waals surface area contributed by atoms with Gasteiger partial charge in [0.15, 0.2) is 0 Å². The summed E-state index contributed by atoms with van der Waals surface area (Å²) < 4.78 is 6.23. The predicted octanol–water partition coefficient (Wildman–Crippen LogP) is 3.94. The van der Waals surface area contributed by atoms with Gasteiger partial charge in [0.05, 0.1) is 12.1 Å². The van der Waals surface area contributed by atoms with Crippen molar-refractivity contribution in [2.45, 2.75) is 37.8 Å². The summed E-state index contributed by atoms with van der Waals surface area (Å²) in [6.45, 7) is 1.63. The Bertz CT molecular complexity index is 696. The third kappa shape index (κ3) is 3.93. The second-order valence-corrected chi connectivity index (χ2v) is 7.23. The van der Waals surface area contributed by atoms with Gasteiger partial charge < -0.3 is 9.64 Å². The van der Waals surface area contributed by atoms with Gasteiger partial charge in [-0.2, -0.15) is 0 Å². The zero-order chi connectivity index (χ0) is 17.1. The van der Waals surface area contributed by atoms with Gasteiger partial charge in [-0.3, -0.25) is 4.79 Å². The van der Waals surface area contributed by atoms with E-state index in [-0.39, 0.29) is 18.1 Å². The first-order chi connectivity index (χ1) is 12.3. The van der Waals surface area contributed by atoms with Crippen molar-refractivity contribution < 1.29 is 9.53 Å². The van der Waals surface area contributed by atoms with Crippen LogP contribution in [0, 0.1) is 5.92 Å². The number of likely N-dealkylation sites (tertiary alicyclic amines) is 1. The maximum Gasteiger partial charge on any atom is 0.254 e. The minimum atomic E-state index is 0.119. The topological polar surface area (TPSA) is 29.5 Å². The van der Waals surface area contributed by atoms with Crippen molar-refractivity contribution in [1.82, 2.24) is 4.90 Å². The Morgan fingerprint density at radius 2 is 1.64 bits per heavy atom. The molecule has 130 valence electrons. The van der Waals surface area contributed by atoms with Crippen molar-refractivity contribution in [1.29, 1.82) is 0 Å². The molecule has 1 amide bonds. The molecule has 1 aliphatic carbocycles. The maximum absolute atomic E-state index is 13.0. The van der Waals surface area contributed by atoms with Crippen LogP contribution < -0.4 is 0 Å². The molecule has 0 spiro atoms. The van der Waals surface area contributed by atoms with E-state index in [9.17, 15) is 4.79 Å². The lowest BCUT2D eigenvalue weighted by Crippen LogP contribution is -2.42. The molecule has 1 saturated heterocycles. The molecule has 1 aliphatic heterocycles. The number of hydrogen-bond donors (Lipinski definition) is 0. The molecule has 0 bridgehead atoms. The minimum absolute atomic E-state index is 0.119. The average molecular weight is 335 g/mol. The molecule has 2 atom stereocenters. The highest BCUT2D eigenvalue weighted by Gasteiger charge is 2.38. The molecular weight excluding hydrogens is 310 g/mol. The van der Waals surface area contributed by atoms with E-state index in [1.807, 2.05) is 41.3 Å². The summed E-state index contributed by atoms with van der Waals surface area (Å²) in [5.41, 5.74) is 2.03. The van der Waals surface area contributed by atoms with Crippen molar-refractivity contribution in [3.05, 3.63) is 71.8 Å². The summed E-state index contributed by atoms with van der Waals surface area (Å²) in [4.78, 5) is 15.0. The fourth-order valence-corrected chi connectivity index (χ4v) is 3.66. The van der Waals surface area contributed by atoms with E-state index in [0.29, 0.717) is 0 Å². The Morgan fingerprint density at radius 3 is 2.32 bits per heavy atom. The third-order valence-corrected chi connectivity index (χ3v) is 5.30. The fourth-order valence-electron chi connectivity index (χ4n) is 3.66. The number of nitrogens with zero attached hydrogens (tertiary/aromatic N) is 1. The Balaban J connectivity index is 1.52. The third-order valence-electron chi connectivity index (χ3n) is 5.30. The Morgan fingerprint density at radius 1 is 0.960 bits per heavy atom. The molecule has 2 fully saturated rings. The molecule has 3 heteroatoms. The van der Waals surface area contributed by atoms with Crippen LogP contribution in [0.2, 0.25) is 0 Å². The van der Waals surface area contributed by atoms with Crippen molar-refractivity contribution in [2.24, 2.45) is 5.92 Å². The normalized spacial score (nSPS) is 23.0. The van der Waals surface area contributed by atoms with E-state index in [4.69, 9.17) is 4.74 Å². The van der Waals surface area contributed by atoms with Crippen molar-refractivity contribution in [3.63, 3.8) is 0 Å². The fraction of sp³-hybridized carbons (Fsp3) is 0.409. The quantitative estimate of drug-likeness (QED) is 0.800. The first-order valence-electron chi connectivity index (χ1n) is 9.33. The van der Waals surface area contributed by atoms with Gasteiger partial charge in [-0.05, 0) is 49.3 Å². The highest BCUT2D eigenvalue weighted by atomic mass is 16.5. The second kappa shape index (κ2) is 7.40. The van der Waals surface area contributed by atoms with E-state index < -0.39 is 0 Å². The predicted molar refractivity (Wildman–Crippen MR) is 98.5 cm³/mol. The average Bonchev–Trinajstić information content (AvgIpc) is 3.42. The molecule has 0 radical (unpaired) electrons. The van der Waals surface area contributed by atoms with Crippen LogP contribution in [0.4, 0.5) is 0 Å². The Hall–Kier alpha value is -2.13. The lowest BCUT2D eigenvalue weighted by atomic mass is 10.0. The monoisotopic (exact) mass is 335 g/mol. The van der Waals surface area contributed by atoms with Crippen molar-refractivity contribution >= 4 is 5.91 Å². The summed E-state index contributed by atoms with van der Waals surface area (Å²) in [6, 6.07) is 20.2. The molecule has 0 unspecified atom stereocenters. The summed E-state index contributed by atoms with van der Waals surface area (Å²) >= 11 is 0. The van der Waals surface area contributed by atoms with E-state index >= 15 is 0 Å². The largest absolute Gasteiger partial charge is 0.376 e. The molecule has 1 saturated carbocycles. The second-order valence-electron chi connectivity index (χ2n) is 7.23. The van der Waals surface area contributed by atoms with E-state index in [0.717, 1.165) is 37.5 Å². The van der Waals surface area contributed by atoms with Crippen LogP contribution >= 0.6 is 0 Å². The molecule has 4 rings (SSSR count). The standard InChI is InChI=1S/C22H25NO2/c24-22(19-9-5-2-6-10-19)23-14-13-21(25-16-18-11-12-18)20(23)15-17-7-3-1-4-8-17/h1-10,18,20-21H,11-16H2/t20-,21+/m0/s1. The van der Waals surface area contributed by atoms with Gasteiger partial charge in [-0.1, -0.05) is 48.5 Å². The number of ether oxygens (including phenoxy) is 1. The maximum atomic E-state index is 13.0. The minimum Gasteiger partial charge on any atom is -0.376 e. The first-order valence-corrected chi connectivity index (χ1v) is 9.33. The van der Waals surface area contributed by atoms with Crippen LogP contribution in [0.15, 0.2) is 60.7 Å². The van der Waals surface area contributed by atoms with Crippen LogP contribution in [0.25, 0.3) is 0 Å². The lowest BCUT2D eigenvalue weighted by molar-refractivity contribution is 0.0200. The molecule has 0 aromatic heterocycles. The molecule has 1 heterocycles. The van der Waals surface area contributed by atoms with Gasteiger partial charge in [0, 0.05) is 18.7 Å². The van der Waals surface area contributed by atoms with Crippen LogP contribution in [0.5, 0.6) is 0 Å². The number of amides is 1. The van der Waals surface area contributed by atoms with Gasteiger partial charge in [0.25, 0.3) is 5.91 Å². The zero-order valence-electron chi connectivity index (χ0n) is 14.5. The molecule has 2 aliphatic rings. The molecule has 0 N–H and O–H groups in total. The van der Waals surface area contributed by atoms with Crippen LogP contribution in [-0.2, 0) is 11.2 Å². The molecular formula is C22H25NO2. The number of carbonyl (C=O) groups is 1. The van der Waals surface area contributed by atoms with Gasteiger partial charge in [0.1, 0.15) is 0 Å².